The maximum atomic E-state index is 6.04. The predicted molar refractivity (Wildman–Crippen MR) is 77.7 cm³/mol. The third-order valence-corrected chi connectivity index (χ3v) is 5.44. The molecule has 2 saturated heterocycles. The van der Waals surface area contributed by atoms with Gasteiger partial charge in [-0.3, -0.25) is 0 Å². The molecule has 3 nitrogen and oxygen atoms in total. The minimum Gasteiger partial charge on any atom is -0.378 e. The van der Waals surface area contributed by atoms with Crippen LogP contribution in [0.4, 0.5) is 0 Å². The van der Waals surface area contributed by atoms with E-state index in [4.69, 9.17) is 9.47 Å². The third-order valence-electron chi connectivity index (χ3n) is 4.54. The Labute approximate surface area is 119 Å². The molecule has 3 unspecified atom stereocenters. The molecule has 1 aromatic heterocycles. The summed E-state index contributed by atoms with van der Waals surface area (Å²) in [7, 11) is 2.09. The molecule has 1 aromatic rings. The maximum absolute atomic E-state index is 6.04. The molecule has 3 atom stereocenters. The lowest BCUT2D eigenvalue weighted by Crippen LogP contribution is -2.47. The summed E-state index contributed by atoms with van der Waals surface area (Å²) in [6.07, 6.45) is 4.51. The second-order valence-corrected chi connectivity index (χ2v) is 6.80. The van der Waals surface area contributed by atoms with Crippen LogP contribution in [0.1, 0.15) is 24.1 Å². The summed E-state index contributed by atoms with van der Waals surface area (Å²) in [5.74, 6) is 0.697. The zero-order chi connectivity index (χ0) is 13.1. The van der Waals surface area contributed by atoms with Crippen LogP contribution in [0, 0.1) is 5.92 Å². The van der Waals surface area contributed by atoms with Gasteiger partial charge >= 0.3 is 0 Å². The standard InChI is InChI=1S/C15H23NO2S/c1-16-14(9-13-3-2-8-19-13)12-4-6-18-15(10-12)5-7-17-11-15/h2-3,8,12,14,16H,4-7,9-11H2,1H3. The molecule has 0 bridgehead atoms. The van der Waals surface area contributed by atoms with Crippen molar-refractivity contribution in [3.8, 4) is 0 Å². The van der Waals surface area contributed by atoms with Crippen molar-refractivity contribution in [2.24, 2.45) is 5.92 Å². The van der Waals surface area contributed by atoms with Gasteiger partial charge in [0.15, 0.2) is 0 Å². The van der Waals surface area contributed by atoms with E-state index in [2.05, 4.69) is 29.9 Å². The minimum absolute atomic E-state index is 0.0213. The molecule has 1 N–H and O–H groups in total. The van der Waals surface area contributed by atoms with Crippen molar-refractivity contribution < 1.29 is 9.47 Å². The molecule has 2 aliphatic heterocycles. The van der Waals surface area contributed by atoms with Crippen LogP contribution in [0.2, 0.25) is 0 Å². The van der Waals surface area contributed by atoms with Crippen molar-refractivity contribution in [3.05, 3.63) is 22.4 Å². The molecule has 3 rings (SSSR count). The molecule has 3 heterocycles. The first kappa shape index (κ1) is 13.6. The van der Waals surface area contributed by atoms with Crippen molar-refractivity contribution in [2.45, 2.75) is 37.3 Å². The fourth-order valence-electron chi connectivity index (χ4n) is 3.42. The maximum Gasteiger partial charge on any atom is 0.0939 e. The lowest BCUT2D eigenvalue weighted by atomic mass is 9.80. The zero-order valence-electron chi connectivity index (χ0n) is 11.6. The fourth-order valence-corrected chi connectivity index (χ4v) is 4.19. The Morgan fingerprint density at radius 1 is 1.53 bits per heavy atom. The normalized spacial score (nSPS) is 32.8. The number of hydrogen-bond donors (Lipinski definition) is 1. The summed E-state index contributed by atoms with van der Waals surface area (Å²) in [6.45, 7) is 2.54. The lowest BCUT2D eigenvalue weighted by Gasteiger charge is -2.40. The monoisotopic (exact) mass is 281 g/mol. The van der Waals surface area contributed by atoms with Crippen LogP contribution >= 0.6 is 11.3 Å². The van der Waals surface area contributed by atoms with Gasteiger partial charge in [-0.2, -0.15) is 0 Å². The molecule has 0 radical (unpaired) electrons. The Morgan fingerprint density at radius 3 is 3.16 bits per heavy atom. The van der Waals surface area contributed by atoms with Gasteiger partial charge in [0.1, 0.15) is 0 Å². The van der Waals surface area contributed by atoms with E-state index in [0.717, 1.165) is 39.1 Å². The number of ether oxygens (including phenoxy) is 2. The molecule has 106 valence electrons. The highest BCUT2D eigenvalue weighted by molar-refractivity contribution is 7.09. The van der Waals surface area contributed by atoms with E-state index in [-0.39, 0.29) is 5.60 Å². The summed E-state index contributed by atoms with van der Waals surface area (Å²) in [5.41, 5.74) is 0.0213. The quantitative estimate of drug-likeness (QED) is 0.919. The van der Waals surface area contributed by atoms with Crippen LogP contribution in [0.5, 0.6) is 0 Å². The van der Waals surface area contributed by atoms with Gasteiger partial charge in [-0.15, -0.1) is 11.3 Å². The largest absolute Gasteiger partial charge is 0.378 e. The molecule has 0 amide bonds. The van der Waals surface area contributed by atoms with Gasteiger partial charge in [0, 0.05) is 30.6 Å². The van der Waals surface area contributed by atoms with E-state index in [1.165, 1.54) is 11.3 Å². The van der Waals surface area contributed by atoms with Crippen LogP contribution < -0.4 is 5.32 Å². The van der Waals surface area contributed by atoms with Gasteiger partial charge in [-0.05, 0) is 43.7 Å². The van der Waals surface area contributed by atoms with Crippen LogP contribution in [-0.4, -0.2) is 38.5 Å². The van der Waals surface area contributed by atoms with Gasteiger partial charge in [0.05, 0.1) is 12.2 Å². The van der Waals surface area contributed by atoms with Crippen molar-refractivity contribution in [3.63, 3.8) is 0 Å². The molecular weight excluding hydrogens is 258 g/mol. The smallest absolute Gasteiger partial charge is 0.0939 e. The number of likely N-dealkylation sites (N-methyl/N-ethyl adjacent to an activating group) is 1. The molecule has 2 aliphatic rings. The Balaban J connectivity index is 1.65. The Hall–Kier alpha value is -0.420. The predicted octanol–water partition coefficient (Wildman–Crippen LogP) is 2.46. The summed E-state index contributed by atoms with van der Waals surface area (Å²) >= 11 is 1.86. The van der Waals surface area contributed by atoms with E-state index >= 15 is 0 Å². The highest BCUT2D eigenvalue weighted by atomic mass is 32.1. The summed E-state index contributed by atoms with van der Waals surface area (Å²) < 4.78 is 11.6. The van der Waals surface area contributed by atoms with Gasteiger partial charge in [-0.1, -0.05) is 6.07 Å². The van der Waals surface area contributed by atoms with Crippen molar-refractivity contribution in [1.29, 1.82) is 0 Å². The van der Waals surface area contributed by atoms with E-state index in [0.29, 0.717) is 12.0 Å². The highest BCUT2D eigenvalue weighted by Crippen LogP contribution is 2.37. The average Bonchev–Trinajstić information content (AvgIpc) is 3.08. The van der Waals surface area contributed by atoms with Crippen molar-refractivity contribution in [2.75, 3.05) is 26.9 Å². The molecule has 2 fully saturated rings. The van der Waals surface area contributed by atoms with E-state index in [1.54, 1.807) is 0 Å². The molecule has 19 heavy (non-hydrogen) atoms. The van der Waals surface area contributed by atoms with Crippen LogP contribution in [0.25, 0.3) is 0 Å². The second kappa shape index (κ2) is 5.92. The fraction of sp³-hybridized carbons (Fsp3) is 0.733. The van der Waals surface area contributed by atoms with Gasteiger partial charge in [0.25, 0.3) is 0 Å². The molecular formula is C15H23NO2S. The molecule has 0 aromatic carbocycles. The average molecular weight is 281 g/mol. The van der Waals surface area contributed by atoms with Gasteiger partial charge < -0.3 is 14.8 Å². The first-order valence-corrected chi connectivity index (χ1v) is 8.11. The second-order valence-electron chi connectivity index (χ2n) is 5.77. The van der Waals surface area contributed by atoms with E-state index < -0.39 is 0 Å². The topological polar surface area (TPSA) is 30.5 Å². The number of nitrogens with one attached hydrogen (secondary N) is 1. The third kappa shape index (κ3) is 3.02. The number of hydrogen-bond acceptors (Lipinski definition) is 4. The molecule has 0 aliphatic carbocycles. The zero-order valence-corrected chi connectivity index (χ0v) is 12.4. The lowest BCUT2D eigenvalue weighted by molar-refractivity contribution is -0.102. The summed E-state index contributed by atoms with van der Waals surface area (Å²) in [6, 6.07) is 4.94. The van der Waals surface area contributed by atoms with Crippen LogP contribution in [-0.2, 0) is 15.9 Å². The number of rotatable bonds is 4. The SMILES string of the molecule is CNC(Cc1cccs1)C1CCOC2(CCOC2)C1. The van der Waals surface area contributed by atoms with Crippen LogP contribution in [0.3, 0.4) is 0 Å². The van der Waals surface area contributed by atoms with Crippen molar-refractivity contribution >= 4 is 11.3 Å². The van der Waals surface area contributed by atoms with Gasteiger partial charge in [0.2, 0.25) is 0 Å². The number of thiophene rings is 1. The molecule has 4 heteroatoms. The van der Waals surface area contributed by atoms with Crippen LogP contribution in [0.15, 0.2) is 17.5 Å². The summed E-state index contributed by atoms with van der Waals surface area (Å²) in [4.78, 5) is 1.47. The van der Waals surface area contributed by atoms with E-state index in [1.807, 2.05) is 11.3 Å². The Bertz CT molecular complexity index is 387. The van der Waals surface area contributed by atoms with E-state index in [9.17, 15) is 0 Å². The highest BCUT2D eigenvalue weighted by Gasteiger charge is 2.42. The first-order valence-electron chi connectivity index (χ1n) is 7.23. The summed E-state index contributed by atoms with van der Waals surface area (Å²) in [5, 5.41) is 5.69. The van der Waals surface area contributed by atoms with Crippen molar-refractivity contribution in [1.82, 2.24) is 5.32 Å². The first-order chi connectivity index (χ1) is 9.31. The minimum atomic E-state index is 0.0213. The molecule has 1 spiro atoms. The Morgan fingerprint density at radius 2 is 2.47 bits per heavy atom. The Kier molecular flexibility index (Phi) is 4.22. The van der Waals surface area contributed by atoms with Gasteiger partial charge in [-0.25, -0.2) is 0 Å². The molecule has 0 saturated carbocycles.